The second kappa shape index (κ2) is 8.35. The number of nitrogens with zero attached hydrogens (tertiary/aromatic N) is 6. The zero-order chi connectivity index (χ0) is 20.5. The van der Waals surface area contributed by atoms with Gasteiger partial charge < -0.3 is 4.90 Å². The topological polar surface area (TPSA) is 67.2 Å². The van der Waals surface area contributed by atoms with Gasteiger partial charge >= 0.3 is 0 Å². The Morgan fingerprint density at radius 2 is 1.80 bits per heavy atom. The van der Waals surface area contributed by atoms with Crippen LogP contribution in [0.4, 0.5) is 5.82 Å². The molecule has 4 heterocycles. The molecule has 0 N–H and O–H groups in total. The summed E-state index contributed by atoms with van der Waals surface area (Å²) in [6.45, 7) is 7.25. The minimum absolute atomic E-state index is 0.0250. The van der Waals surface area contributed by atoms with Crippen LogP contribution in [0, 0.1) is 6.92 Å². The molecule has 0 amide bonds. The van der Waals surface area contributed by atoms with Gasteiger partial charge in [0, 0.05) is 51.0 Å². The predicted molar refractivity (Wildman–Crippen MR) is 121 cm³/mol. The number of hydrogen-bond donors (Lipinski definition) is 0. The average molecular weight is 423 g/mol. The molecule has 1 fully saturated rings. The summed E-state index contributed by atoms with van der Waals surface area (Å²) in [5, 5.41) is 4.64. The van der Waals surface area contributed by atoms with Crippen LogP contribution < -0.4 is 10.5 Å². The molecule has 0 bridgehead atoms. The van der Waals surface area contributed by atoms with Gasteiger partial charge in [-0.05, 0) is 30.4 Å². The molecule has 2 aliphatic rings. The van der Waals surface area contributed by atoms with Crippen molar-refractivity contribution in [3.63, 3.8) is 0 Å². The Labute approximate surface area is 180 Å². The van der Waals surface area contributed by atoms with Crippen molar-refractivity contribution in [1.29, 1.82) is 0 Å². The van der Waals surface area contributed by atoms with Crippen molar-refractivity contribution in [2.24, 2.45) is 0 Å². The van der Waals surface area contributed by atoms with Gasteiger partial charge in [-0.1, -0.05) is 12.1 Å². The molecule has 0 aliphatic carbocycles. The molecule has 156 valence electrons. The SMILES string of the molecule is Cc1nc2ccccc2nc1N1CCN(CCn2nc3c(cc2=O)CSCC3)CC1. The summed E-state index contributed by atoms with van der Waals surface area (Å²) in [4.78, 5) is 26.7. The van der Waals surface area contributed by atoms with Gasteiger partial charge in [0.2, 0.25) is 0 Å². The average Bonchev–Trinajstić information content (AvgIpc) is 2.77. The molecule has 2 aromatic heterocycles. The van der Waals surface area contributed by atoms with Crippen molar-refractivity contribution >= 4 is 28.6 Å². The Balaban J connectivity index is 1.22. The summed E-state index contributed by atoms with van der Waals surface area (Å²) in [7, 11) is 0. The van der Waals surface area contributed by atoms with Crippen LogP contribution in [-0.2, 0) is 18.7 Å². The van der Waals surface area contributed by atoms with E-state index in [0.717, 1.165) is 84.5 Å². The molecule has 0 unspecified atom stereocenters. The van der Waals surface area contributed by atoms with Crippen molar-refractivity contribution < 1.29 is 0 Å². The zero-order valence-electron chi connectivity index (χ0n) is 17.3. The number of rotatable bonds is 4. The van der Waals surface area contributed by atoms with E-state index in [0.29, 0.717) is 6.54 Å². The minimum atomic E-state index is 0.0250. The summed E-state index contributed by atoms with van der Waals surface area (Å²) in [6, 6.07) is 9.81. The van der Waals surface area contributed by atoms with Gasteiger partial charge in [-0.15, -0.1) is 0 Å². The molecule has 0 radical (unpaired) electrons. The number of fused-ring (bicyclic) bond motifs is 2. The predicted octanol–water partition coefficient (Wildman–Crippen LogP) is 2.11. The fourth-order valence-corrected chi connectivity index (χ4v) is 5.16. The second-order valence-electron chi connectivity index (χ2n) is 7.93. The first kappa shape index (κ1) is 19.5. The van der Waals surface area contributed by atoms with E-state index in [-0.39, 0.29) is 5.56 Å². The second-order valence-corrected chi connectivity index (χ2v) is 9.04. The number of thioether (sulfide) groups is 1. The highest BCUT2D eigenvalue weighted by molar-refractivity contribution is 7.98. The molecule has 3 aromatic rings. The lowest BCUT2D eigenvalue weighted by atomic mass is 10.2. The van der Waals surface area contributed by atoms with E-state index in [1.54, 1.807) is 10.7 Å². The maximum Gasteiger partial charge on any atom is 0.267 e. The Hall–Kier alpha value is -2.45. The highest BCUT2D eigenvalue weighted by atomic mass is 32.2. The number of para-hydroxylation sites is 2. The Morgan fingerprint density at radius 3 is 2.60 bits per heavy atom. The van der Waals surface area contributed by atoms with Gasteiger partial charge in [0.15, 0.2) is 5.82 Å². The molecule has 0 spiro atoms. The fourth-order valence-electron chi connectivity index (χ4n) is 4.21. The van der Waals surface area contributed by atoms with E-state index in [4.69, 9.17) is 9.97 Å². The molecule has 1 saturated heterocycles. The minimum Gasteiger partial charge on any atom is -0.353 e. The molecule has 1 aromatic carbocycles. The van der Waals surface area contributed by atoms with Crippen molar-refractivity contribution in [2.75, 3.05) is 43.4 Å². The van der Waals surface area contributed by atoms with E-state index >= 15 is 0 Å². The van der Waals surface area contributed by atoms with Crippen LogP contribution >= 0.6 is 11.8 Å². The van der Waals surface area contributed by atoms with Crippen LogP contribution in [0.3, 0.4) is 0 Å². The van der Waals surface area contributed by atoms with Crippen LogP contribution in [0.15, 0.2) is 35.1 Å². The molecule has 0 atom stereocenters. The summed E-state index contributed by atoms with van der Waals surface area (Å²) in [5.41, 5.74) is 5.11. The summed E-state index contributed by atoms with van der Waals surface area (Å²) < 4.78 is 1.65. The highest BCUT2D eigenvalue weighted by Gasteiger charge is 2.21. The Bertz CT molecular complexity index is 1120. The zero-order valence-corrected chi connectivity index (χ0v) is 18.1. The number of aryl methyl sites for hydroxylation is 2. The molecule has 2 aliphatic heterocycles. The van der Waals surface area contributed by atoms with Crippen LogP contribution in [-0.4, -0.2) is 63.1 Å². The number of benzene rings is 1. The summed E-state index contributed by atoms with van der Waals surface area (Å²) in [5.74, 6) is 2.99. The van der Waals surface area contributed by atoms with Crippen molar-refractivity contribution in [3.05, 3.63) is 57.6 Å². The third-order valence-electron chi connectivity index (χ3n) is 5.92. The van der Waals surface area contributed by atoms with E-state index in [2.05, 4.69) is 14.9 Å². The first-order valence-corrected chi connectivity index (χ1v) is 11.7. The quantitative estimate of drug-likeness (QED) is 0.638. The summed E-state index contributed by atoms with van der Waals surface area (Å²) in [6.07, 6.45) is 0.963. The van der Waals surface area contributed by atoms with Crippen molar-refractivity contribution in [1.82, 2.24) is 24.6 Å². The van der Waals surface area contributed by atoms with Crippen molar-refractivity contribution in [3.8, 4) is 0 Å². The molecular formula is C22H26N6OS. The number of aromatic nitrogens is 4. The highest BCUT2D eigenvalue weighted by Crippen LogP contribution is 2.22. The fraction of sp³-hybridized carbons (Fsp3) is 0.455. The van der Waals surface area contributed by atoms with E-state index < -0.39 is 0 Å². The largest absolute Gasteiger partial charge is 0.353 e. The van der Waals surface area contributed by atoms with Gasteiger partial charge in [-0.2, -0.15) is 16.9 Å². The van der Waals surface area contributed by atoms with Crippen LogP contribution in [0.25, 0.3) is 11.0 Å². The van der Waals surface area contributed by atoms with Crippen LogP contribution in [0.1, 0.15) is 17.0 Å². The third kappa shape index (κ3) is 3.94. The van der Waals surface area contributed by atoms with Crippen LogP contribution in [0.2, 0.25) is 0 Å². The van der Waals surface area contributed by atoms with Gasteiger partial charge in [-0.3, -0.25) is 9.69 Å². The smallest absolute Gasteiger partial charge is 0.267 e. The molecule has 8 heteroatoms. The first-order chi connectivity index (χ1) is 14.7. The number of anilines is 1. The molecule has 7 nitrogen and oxygen atoms in total. The van der Waals surface area contributed by atoms with E-state index in [1.807, 2.05) is 43.0 Å². The van der Waals surface area contributed by atoms with Crippen LogP contribution in [0.5, 0.6) is 0 Å². The Kier molecular flexibility index (Phi) is 5.43. The van der Waals surface area contributed by atoms with E-state index in [1.165, 1.54) is 0 Å². The Morgan fingerprint density at radius 1 is 1.03 bits per heavy atom. The molecule has 30 heavy (non-hydrogen) atoms. The van der Waals surface area contributed by atoms with E-state index in [9.17, 15) is 4.79 Å². The van der Waals surface area contributed by atoms with Gasteiger partial charge in [0.05, 0.1) is 29.0 Å². The number of piperazine rings is 1. The lowest BCUT2D eigenvalue weighted by molar-refractivity contribution is 0.242. The first-order valence-electron chi connectivity index (χ1n) is 10.6. The lowest BCUT2D eigenvalue weighted by Crippen LogP contribution is -2.48. The van der Waals surface area contributed by atoms with Gasteiger partial charge in [0.1, 0.15) is 0 Å². The van der Waals surface area contributed by atoms with Gasteiger partial charge in [0.25, 0.3) is 5.56 Å². The molecule has 0 saturated carbocycles. The normalized spacial score (nSPS) is 17.3. The lowest BCUT2D eigenvalue weighted by Gasteiger charge is -2.35. The monoisotopic (exact) mass is 422 g/mol. The maximum absolute atomic E-state index is 12.4. The molecular weight excluding hydrogens is 396 g/mol. The van der Waals surface area contributed by atoms with Crippen molar-refractivity contribution in [2.45, 2.75) is 25.6 Å². The summed E-state index contributed by atoms with van der Waals surface area (Å²) >= 11 is 1.88. The maximum atomic E-state index is 12.4. The third-order valence-corrected chi connectivity index (χ3v) is 6.93. The van der Waals surface area contributed by atoms with Gasteiger partial charge in [-0.25, -0.2) is 14.6 Å². The number of hydrogen-bond acceptors (Lipinski definition) is 7. The molecule has 5 rings (SSSR count). The standard InChI is InChI=1S/C22H26N6OS/c1-16-22(24-20-5-3-2-4-19(20)23-16)27-10-7-26(8-11-27)9-12-28-21(29)14-17-15-30-13-6-18(17)25-28/h2-5,14H,6-13,15H2,1H3.